The first-order chi connectivity index (χ1) is 20.7. The van der Waals surface area contributed by atoms with Crippen LogP contribution in [0.3, 0.4) is 0 Å². The van der Waals surface area contributed by atoms with E-state index in [9.17, 15) is 19.5 Å². The quantitative estimate of drug-likeness (QED) is 0.415. The molecule has 1 saturated heterocycles. The number of hydrogen-bond donors (Lipinski definition) is 2. The summed E-state index contributed by atoms with van der Waals surface area (Å²) >= 11 is 0. The smallest absolute Gasteiger partial charge is 0.335 e. The maximum absolute atomic E-state index is 13.6. The Morgan fingerprint density at radius 1 is 0.860 bits per heavy atom. The Morgan fingerprint density at radius 2 is 1.60 bits per heavy atom. The molecule has 8 heteroatoms. The lowest BCUT2D eigenvalue weighted by atomic mass is 9.90. The number of amides is 2. The third kappa shape index (κ3) is 6.55. The van der Waals surface area contributed by atoms with Gasteiger partial charge in [-0.2, -0.15) is 0 Å². The summed E-state index contributed by atoms with van der Waals surface area (Å²) in [6, 6.07) is 18.7. The molecule has 2 aliphatic heterocycles. The van der Waals surface area contributed by atoms with Crippen LogP contribution in [0.25, 0.3) is 16.7 Å². The minimum atomic E-state index is -1.02. The summed E-state index contributed by atoms with van der Waals surface area (Å²) in [5.41, 5.74) is 7.69. The molecule has 0 aromatic heterocycles. The summed E-state index contributed by atoms with van der Waals surface area (Å²) in [5.74, 6) is -1.21. The largest absolute Gasteiger partial charge is 0.478 e. The molecule has 0 unspecified atom stereocenters. The molecule has 0 spiro atoms. The van der Waals surface area contributed by atoms with E-state index in [4.69, 9.17) is 0 Å². The van der Waals surface area contributed by atoms with Gasteiger partial charge in [-0.1, -0.05) is 18.2 Å². The molecular formula is C35H38N4O4. The summed E-state index contributed by atoms with van der Waals surface area (Å²) in [6.45, 7) is 7.20. The van der Waals surface area contributed by atoms with Gasteiger partial charge < -0.3 is 20.2 Å². The average Bonchev–Trinajstić information content (AvgIpc) is 3.85. The van der Waals surface area contributed by atoms with Crippen LogP contribution in [-0.2, 0) is 6.54 Å². The highest BCUT2D eigenvalue weighted by atomic mass is 16.4. The first kappa shape index (κ1) is 28.8. The molecule has 1 aliphatic carbocycles. The highest BCUT2D eigenvalue weighted by molar-refractivity contribution is 5.98. The second-order valence-electron chi connectivity index (χ2n) is 12.1. The van der Waals surface area contributed by atoms with Crippen molar-refractivity contribution in [1.82, 2.24) is 20.0 Å². The normalized spacial score (nSPS) is 17.5. The van der Waals surface area contributed by atoms with Crippen LogP contribution in [0.5, 0.6) is 0 Å². The number of benzene rings is 3. The molecule has 8 nitrogen and oxygen atoms in total. The number of aryl methyl sites for hydroxylation is 1. The van der Waals surface area contributed by atoms with Gasteiger partial charge in [-0.05, 0) is 122 Å². The first-order valence-electron chi connectivity index (χ1n) is 15.1. The third-order valence-corrected chi connectivity index (χ3v) is 8.68. The highest BCUT2D eigenvalue weighted by Gasteiger charge is 2.26. The van der Waals surface area contributed by atoms with Crippen molar-refractivity contribution in [2.45, 2.75) is 38.8 Å². The molecule has 222 valence electrons. The molecule has 1 saturated carbocycles. The van der Waals surface area contributed by atoms with Crippen LogP contribution in [0.4, 0.5) is 0 Å². The van der Waals surface area contributed by atoms with Gasteiger partial charge in [0.2, 0.25) is 0 Å². The predicted octanol–water partition coefficient (Wildman–Crippen LogP) is 4.89. The Balaban J connectivity index is 1.33. The van der Waals surface area contributed by atoms with Crippen LogP contribution in [0.15, 0.2) is 66.9 Å². The number of aromatic carboxylic acids is 1. The zero-order chi connectivity index (χ0) is 30.1. The maximum Gasteiger partial charge on any atom is 0.335 e. The maximum atomic E-state index is 13.6. The molecule has 3 aromatic rings. The number of nitrogens with one attached hydrogen (secondary N) is 1. The summed E-state index contributed by atoms with van der Waals surface area (Å²) < 4.78 is 0. The lowest BCUT2D eigenvalue weighted by Crippen LogP contribution is -2.34. The number of rotatable bonds is 7. The van der Waals surface area contributed by atoms with Gasteiger partial charge in [0.1, 0.15) is 0 Å². The van der Waals surface area contributed by atoms with Gasteiger partial charge in [0, 0.05) is 43.0 Å². The second-order valence-corrected chi connectivity index (χ2v) is 12.1. The van der Waals surface area contributed by atoms with E-state index in [-0.39, 0.29) is 17.4 Å². The van der Waals surface area contributed by atoms with Gasteiger partial charge in [-0.3, -0.25) is 14.5 Å². The Labute approximate surface area is 252 Å². The van der Waals surface area contributed by atoms with Crippen LogP contribution in [0.1, 0.15) is 67.0 Å². The topological polar surface area (TPSA) is 93.2 Å². The fraction of sp³-hybridized carbons (Fsp3) is 0.343. The molecule has 0 bridgehead atoms. The standard InChI is InChI=1S/C35H38N4O4/c1-23-4-5-27(33(40)36-30-12-13-30)19-31(23)26-10-11-28-21-39(34(41)24-6-8-25(9-7-24)35(42)43)22-29(32(28)18-26)20-38-15-3-14-37(2)16-17-38/h4-11,18-19,22,30H,3,12-17,20-21H2,1-2H3,(H,36,40)(H,42,43). The summed E-state index contributed by atoms with van der Waals surface area (Å²) in [5, 5.41) is 12.4. The zero-order valence-electron chi connectivity index (χ0n) is 24.8. The first-order valence-corrected chi connectivity index (χ1v) is 15.1. The van der Waals surface area contributed by atoms with Gasteiger partial charge in [-0.25, -0.2) is 4.79 Å². The minimum absolute atomic E-state index is 0.0287. The monoisotopic (exact) mass is 578 g/mol. The van der Waals surface area contributed by atoms with Crippen LogP contribution >= 0.6 is 0 Å². The zero-order valence-corrected chi connectivity index (χ0v) is 24.8. The second kappa shape index (κ2) is 12.1. The Kier molecular flexibility index (Phi) is 8.15. The molecule has 2 N–H and O–H groups in total. The molecule has 43 heavy (non-hydrogen) atoms. The number of carbonyl (C=O) groups is 3. The van der Waals surface area contributed by atoms with Crippen molar-refractivity contribution < 1.29 is 19.5 Å². The Bertz CT molecular complexity index is 1590. The van der Waals surface area contributed by atoms with E-state index < -0.39 is 5.97 Å². The fourth-order valence-corrected chi connectivity index (χ4v) is 5.91. The summed E-state index contributed by atoms with van der Waals surface area (Å²) in [6.07, 6.45) is 5.15. The van der Waals surface area contributed by atoms with Crippen LogP contribution < -0.4 is 5.32 Å². The molecule has 2 amide bonds. The average molecular weight is 579 g/mol. The summed E-state index contributed by atoms with van der Waals surface area (Å²) in [4.78, 5) is 44.3. The van der Waals surface area contributed by atoms with E-state index in [0.717, 1.165) is 85.4 Å². The fourth-order valence-electron chi connectivity index (χ4n) is 5.91. The van der Waals surface area contributed by atoms with Crippen molar-refractivity contribution in [3.05, 3.63) is 100 Å². The Hall–Kier alpha value is -4.27. The third-order valence-electron chi connectivity index (χ3n) is 8.68. The number of carbonyl (C=O) groups excluding carboxylic acids is 2. The van der Waals surface area contributed by atoms with E-state index in [2.05, 4.69) is 47.3 Å². The van der Waals surface area contributed by atoms with E-state index in [1.807, 2.05) is 24.4 Å². The molecule has 2 heterocycles. The number of carboxylic acids is 1. The van der Waals surface area contributed by atoms with E-state index in [0.29, 0.717) is 23.7 Å². The number of fused-ring (bicyclic) bond motifs is 1. The van der Waals surface area contributed by atoms with Crippen molar-refractivity contribution in [3.8, 4) is 11.1 Å². The lowest BCUT2D eigenvalue weighted by Gasteiger charge is -2.31. The molecular weight excluding hydrogens is 540 g/mol. The van der Waals surface area contributed by atoms with Crippen LogP contribution in [-0.4, -0.2) is 83.4 Å². The minimum Gasteiger partial charge on any atom is -0.478 e. The lowest BCUT2D eigenvalue weighted by molar-refractivity contribution is 0.0695. The highest BCUT2D eigenvalue weighted by Crippen LogP contribution is 2.34. The van der Waals surface area contributed by atoms with Crippen LogP contribution in [0.2, 0.25) is 0 Å². The van der Waals surface area contributed by atoms with Crippen LogP contribution in [0, 0.1) is 6.92 Å². The van der Waals surface area contributed by atoms with Gasteiger partial charge in [0.05, 0.1) is 12.1 Å². The van der Waals surface area contributed by atoms with Gasteiger partial charge in [0.15, 0.2) is 0 Å². The van der Waals surface area contributed by atoms with Crippen molar-refractivity contribution in [2.75, 3.05) is 39.8 Å². The molecule has 0 radical (unpaired) electrons. The molecule has 6 rings (SSSR count). The SMILES string of the molecule is Cc1ccc(C(=O)NC2CC2)cc1-c1ccc2c(c1)C(CN1CCCN(C)CC1)=CN(C(=O)c1ccc(C(=O)O)cc1)C2. The van der Waals surface area contributed by atoms with Crippen molar-refractivity contribution in [2.24, 2.45) is 0 Å². The molecule has 2 fully saturated rings. The Morgan fingerprint density at radius 3 is 2.35 bits per heavy atom. The number of hydrogen-bond acceptors (Lipinski definition) is 5. The number of carboxylic acid groups (broad SMARTS) is 1. The van der Waals surface area contributed by atoms with E-state index >= 15 is 0 Å². The number of likely N-dealkylation sites (N-methyl/N-ethyl adjacent to an activating group) is 1. The molecule has 0 atom stereocenters. The summed E-state index contributed by atoms with van der Waals surface area (Å²) in [7, 11) is 2.16. The van der Waals surface area contributed by atoms with E-state index in [1.165, 1.54) is 12.1 Å². The van der Waals surface area contributed by atoms with Gasteiger partial charge in [0.25, 0.3) is 11.8 Å². The van der Waals surface area contributed by atoms with Gasteiger partial charge in [-0.15, -0.1) is 0 Å². The van der Waals surface area contributed by atoms with Crippen molar-refractivity contribution in [1.29, 1.82) is 0 Å². The van der Waals surface area contributed by atoms with Crippen molar-refractivity contribution >= 4 is 23.4 Å². The molecule has 3 aliphatic rings. The molecule has 3 aromatic carbocycles. The van der Waals surface area contributed by atoms with E-state index in [1.54, 1.807) is 17.0 Å². The predicted molar refractivity (Wildman–Crippen MR) is 167 cm³/mol. The van der Waals surface area contributed by atoms with Crippen molar-refractivity contribution in [3.63, 3.8) is 0 Å². The number of nitrogens with zero attached hydrogens (tertiary/aromatic N) is 3. The van der Waals surface area contributed by atoms with Gasteiger partial charge >= 0.3 is 5.97 Å².